The molecule has 6 aromatic rings. The van der Waals surface area contributed by atoms with Crippen molar-refractivity contribution in [3.63, 3.8) is 0 Å². The van der Waals surface area contributed by atoms with Crippen LogP contribution in [0.15, 0.2) is 65.9 Å². The number of fused-ring (bicyclic) bond motifs is 2. The fourth-order valence-electron chi connectivity index (χ4n) is 5.45. The van der Waals surface area contributed by atoms with Crippen molar-refractivity contribution in [3.8, 4) is 33.9 Å². The van der Waals surface area contributed by atoms with Crippen molar-refractivity contribution in [2.75, 3.05) is 6.54 Å². The predicted molar refractivity (Wildman–Crippen MR) is 149 cm³/mol. The van der Waals surface area contributed by atoms with Crippen molar-refractivity contribution in [2.24, 2.45) is 5.92 Å². The van der Waals surface area contributed by atoms with Crippen LogP contribution >= 0.6 is 11.3 Å². The summed E-state index contributed by atoms with van der Waals surface area (Å²) in [4.78, 5) is 17.4. The minimum Gasteiger partial charge on any atom is -0.353 e. The van der Waals surface area contributed by atoms with E-state index in [1.165, 1.54) is 31.2 Å². The minimum atomic E-state index is 0.821. The summed E-state index contributed by atoms with van der Waals surface area (Å²) in [7, 11) is 0. The van der Waals surface area contributed by atoms with E-state index in [9.17, 15) is 0 Å². The zero-order valence-corrected chi connectivity index (χ0v) is 21.2. The van der Waals surface area contributed by atoms with Crippen LogP contribution < -0.4 is 5.32 Å². The maximum absolute atomic E-state index is 4.71. The smallest absolute Gasteiger partial charge is 0.116 e. The van der Waals surface area contributed by atoms with Crippen LogP contribution in [-0.4, -0.2) is 36.7 Å². The van der Waals surface area contributed by atoms with Gasteiger partial charge >= 0.3 is 0 Å². The van der Waals surface area contributed by atoms with Gasteiger partial charge in [-0.3, -0.25) is 20.1 Å². The van der Waals surface area contributed by atoms with Crippen LogP contribution in [0.3, 0.4) is 0 Å². The number of H-pyrrole nitrogens is 2. The number of thiophene rings is 1. The highest BCUT2D eigenvalue weighted by molar-refractivity contribution is 7.08. The molecule has 184 valence electrons. The molecule has 1 aliphatic carbocycles. The van der Waals surface area contributed by atoms with Crippen molar-refractivity contribution in [2.45, 2.75) is 32.2 Å². The lowest BCUT2D eigenvalue weighted by Crippen LogP contribution is -2.20. The topological polar surface area (TPSA) is 95.2 Å². The Balaban J connectivity index is 1.20. The Morgan fingerprint density at radius 1 is 0.919 bits per heavy atom. The van der Waals surface area contributed by atoms with Gasteiger partial charge < -0.3 is 10.3 Å². The molecule has 0 unspecified atom stereocenters. The summed E-state index contributed by atoms with van der Waals surface area (Å²) in [5.74, 6) is 0.821. The lowest BCUT2D eigenvalue weighted by molar-refractivity contribution is 0.489. The third-order valence-electron chi connectivity index (χ3n) is 7.37. The quantitative estimate of drug-likeness (QED) is 0.228. The van der Waals surface area contributed by atoms with Gasteiger partial charge in [-0.15, -0.1) is 0 Å². The summed E-state index contributed by atoms with van der Waals surface area (Å²) in [6, 6.07) is 10.5. The third-order valence-corrected chi connectivity index (χ3v) is 8.06. The van der Waals surface area contributed by atoms with Crippen LogP contribution in [0.2, 0.25) is 0 Å². The largest absolute Gasteiger partial charge is 0.353 e. The van der Waals surface area contributed by atoms with E-state index in [4.69, 9.17) is 4.98 Å². The molecular formula is C29H27N7S. The zero-order chi connectivity index (χ0) is 24.6. The van der Waals surface area contributed by atoms with Gasteiger partial charge in [0.1, 0.15) is 5.69 Å². The molecule has 0 aliphatic heterocycles. The molecule has 1 fully saturated rings. The highest BCUT2D eigenvalue weighted by Crippen LogP contribution is 2.34. The molecule has 0 spiro atoms. The Bertz CT molecular complexity index is 1680. The lowest BCUT2D eigenvalue weighted by Gasteiger charge is -2.11. The van der Waals surface area contributed by atoms with E-state index in [1.807, 2.05) is 30.9 Å². The Morgan fingerprint density at radius 2 is 1.84 bits per heavy atom. The average Bonchev–Trinajstić information content (AvgIpc) is 3.74. The SMILES string of the molecule is c1cc2[nH]c(-c3n[nH]c4cnc(-c5cncc(CNCC6CCCC6)c5)cc34)cc2c(-c2ccsc2)n1. The highest BCUT2D eigenvalue weighted by Gasteiger charge is 2.16. The van der Waals surface area contributed by atoms with E-state index in [0.717, 1.165) is 74.7 Å². The first-order valence-electron chi connectivity index (χ1n) is 12.8. The molecule has 0 atom stereocenters. The number of pyridine rings is 3. The number of nitrogens with one attached hydrogen (secondary N) is 3. The van der Waals surface area contributed by atoms with Crippen molar-refractivity contribution >= 4 is 33.1 Å². The zero-order valence-electron chi connectivity index (χ0n) is 20.4. The number of rotatable bonds is 7. The molecule has 6 aromatic heterocycles. The molecular weight excluding hydrogens is 478 g/mol. The minimum absolute atomic E-state index is 0.821. The molecule has 0 aromatic carbocycles. The number of aromatic amines is 2. The van der Waals surface area contributed by atoms with E-state index < -0.39 is 0 Å². The predicted octanol–water partition coefficient (Wildman–Crippen LogP) is 6.57. The number of hydrogen-bond donors (Lipinski definition) is 3. The second-order valence-corrected chi connectivity index (χ2v) is 10.6. The molecule has 0 bridgehead atoms. The summed E-state index contributed by atoms with van der Waals surface area (Å²) < 4.78 is 0. The Morgan fingerprint density at radius 3 is 2.73 bits per heavy atom. The summed E-state index contributed by atoms with van der Waals surface area (Å²) in [5, 5.41) is 17.7. The van der Waals surface area contributed by atoms with Crippen molar-refractivity contribution < 1.29 is 0 Å². The second kappa shape index (κ2) is 9.53. The van der Waals surface area contributed by atoms with E-state index in [1.54, 1.807) is 11.3 Å². The molecule has 7 rings (SSSR count). The molecule has 0 amide bonds. The molecule has 0 saturated heterocycles. The lowest BCUT2D eigenvalue weighted by atomic mass is 10.1. The van der Waals surface area contributed by atoms with Gasteiger partial charge in [-0.2, -0.15) is 16.4 Å². The van der Waals surface area contributed by atoms with Crippen LogP contribution in [0.1, 0.15) is 31.2 Å². The normalized spacial score (nSPS) is 14.3. The molecule has 8 heteroatoms. The first-order chi connectivity index (χ1) is 18.3. The molecule has 3 N–H and O–H groups in total. The monoisotopic (exact) mass is 505 g/mol. The Kier molecular flexibility index (Phi) is 5.75. The summed E-state index contributed by atoms with van der Waals surface area (Å²) >= 11 is 1.68. The van der Waals surface area contributed by atoms with E-state index in [0.29, 0.717) is 0 Å². The van der Waals surface area contributed by atoms with Gasteiger partial charge in [0.05, 0.1) is 28.8 Å². The van der Waals surface area contributed by atoms with Gasteiger partial charge in [-0.1, -0.05) is 12.8 Å². The second-order valence-electron chi connectivity index (χ2n) is 9.87. The number of nitrogens with zero attached hydrogens (tertiary/aromatic N) is 4. The fraction of sp³-hybridized carbons (Fsp3) is 0.241. The summed E-state index contributed by atoms with van der Waals surface area (Å²) in [6.45, 7) is 1.91. The van der Waals surface area contributed by atoms with E-state index >= 15 is 0 Å². The Labute approximate surface area is 218 Å². The van der Waals surface area contributed by atoms with Crippen LogP contribution in [0.25, 0.3) is 55.7 Å². The van der Waals surface area contributed by atoms with Crippen LogP contribution in [0.4, 0.5) is 0 Å². The van der Waals surface area contributed by atoms with Gasteiger partial charge in [0.25, 0.3) is 0 Å². The maximum Gasteiger partial charge on any atom is 0.116 e. The summed E-state index contributed by atoms with van der Waals surface area (Å²) in [6.07, 6.45) is 13.0. The van der Waals surface area contributed by atoms with Gasteiger partial charge in [0.2, 0.25) is 0 Å². The Hall–Kier alpha value is -3.88. The van der Waals surface area contributed by atoms with Crippen LogP contribution in [0, 0.1) is 5.92 Å². The van der Waals surface area contributed by atoms with Crippen LogP contribution in [0.5, 0.6) is 0 Å². The average molecular weight is 506 g/mol. The third kappa shape index (κ3) is 4.32. The fourth-order valence-corrected chi connectivity index (χ4v) is 6.09. The molecule has 7 nitrogen and oxygen atoms in total. The number of hydrogen-bond acceptors (Lipinski definition) is 6. The van der Waals surface area contributed by atoms with Crippen molar-refractivity contribution in [1.82, 2.24) is 35.5 Å². The summed E-state index contributed by atoms with van der Waals surface area (Å²) in [5.41, 5.74) is 8.94. The standard InChI is InChI=1S/C29H27N7S/c1-2-4-18(3-1)12-30-13-19-9-21(15-31-14-19)25-10-23-27(16-33-25)35-36-29(23)26-11-22-24(34-26)5-7-32-28(22)20-6-8-37-17-20/h5-11,14-18,30,34H,1-4,12-13H2,(H,35,36). The number of aromatic nitrogens is 6. The molecule has 6 heterocycles. The van der Waals surface area contributed by atoms with E-state index in [-0.39, 0.29) is 0 Å². The van der Waals surface area contributed by atoms with Crippen molar-refractivity contribution in [3.05, 3.63) is 71.4 Å². The van der Waals surface area contributed by atoms with Gasteiger partial charge in [-0.05, 0) is 66.6 Å². The van der Waals surface area contributed by atoms with Gasteiger partial charge in [0.15, 0.2) is 0 Å². The molecule has 1 saturated carbocycles. The molecule has 0 radical (unpaired) electrons. The molecule has 1 aliphatic rings. The first kappa shape index (κ1) is 22.3. The van der Waals surface area contributed by atoms with Crippen LogP contribution in [-0.2, 0) is 6.54 Å². The highest BCUT2D eigenvalue weighted by atomic mass is 32.1. The first-order valence-corrected chi connectivity index (χ1v) is 13.8. The molecule has 37 heavy (non-hydrogen) atoms. The maximum atomic E-state index is 4.71. The van der Waals surface area contributed by atoms with Gasteiger partial charge in [-0.25, -0.2) is 0 Å². The van der Waals surface area contributed by atoms with E-state index in [2.05, 4.69) is 65.5 Å². The van der Waals surface area contributed by atoms with Gasteiger partial charge in [0, 0.05) is 57.9 Å². The van der Waals surface area contributed by atoms with Crippen molar-refractivity contribution in [1.29, 1.82) is 0 Å².